The molecule has 1 heterocycles. The van der Waals surface area contributed by atoms with Crippen LogP contribution in [0.5, 0.6) is 0 Å². The molecular formula is C13H25NO. The molecule has 0 fully saturated rings. The van der Waals surface area contributed by atoms with E-state index in [-0.39, 0.29) is 5.41 Å². The molecule has 1 aliphatic rings. The summed E-state index contributed by atoms with van der Waals surface area (Å²) in [6.45, 7) is 8.44. The Morgan fingerprint density at radius 3 is 2.60 bits per heavy atom. The minimum Gasteiger partial charge on any atom is -0.479 e. The predicted octanol–water partition coefficient (Wildman–Crippen LogP) is 3.80. The Hall–Kier alpha value is -0.530. The Labute approximate surface area is 94.1 Å². The molecule has 0 saturated carbocycles. The zero-order valence-electron chi connectivity index (χ0n) is 10.5. The largest absolute Gasteiger partial charge is 0.479 e. The summed E-state index contributed by atoms with van der Waals surface area (Å²) >= 11 is 0. The van der Waals surface area contributed by atoms with Gasteiger partial charge in [-0.2, -0.15) is 0 Å². The molecule has 2 heteroatoms. The van der Waals surface area contributed by atoms with Gasteiger partial charge in [-0.3, -0.25) is 4.99 Å². The molecule has 0 N–H and O–H groups in total. The number of hydrogen-bond donors (Lipinski definition) is 0. The summed E-state index contributed by atoms with van der Waals surface area (Å²) in [6.07, 6.45) is 7.67. The van der Waals surface area contributed by atoms with E-state index in [1.54, 1.807) is 0 Å². The average Bonchev–Trinajstić information content (AvgIpc) is 2.78. The number of nitrogens with zero attached hydrogens (tertiary/aromatic N) is 1. The summed E-state index contributed by atoms with van der Waals surface area (Å²) in [5.41, 5.74) is 0.199. The van der Waals surface area contributed by atoms with Crippen molar-refractivity contribution in [1.29, 1.82) is 0 Å². The van der Waals surface area contributed by atoms with Crippen LogP contribution < -0.4 is 0 Å². The molecule has 0 aliphatic carbocycles. The molecule has 1 aliphatic heterocycles. The third-order valence-electron chi connectivity index (χ3n) is 3.46. The van der Waals surface area contributed by atoms with Gasteiger partial charge in [0.25, 0.3) is 0 Å². The topological polar surface area (TPSA) is 21.6 Å². The number of aliphatic imine (C=N–C) groups is 1. The Morgan fingerprint density at radius 1 is 1.27 bits per heavy atom. The lowest BCUT2D eigenvalue weighted by Gasteiger charge is -2.27. The quantitative estimate of drug-likeness (QED) is 0.587. The zero-order chi connectivity index (χ0) is 11.1. The number of hydrogen-bond acceptors (Lipinski definition) is 2. The third kappa shape index (κ3) is 3.51. The van der Waals surface area contributed by atoms with E-state index in [0.29, 0.717) is 0 Å². The maximum absolute atomic E-state index is 5.62. The molecule has 0 aromatic carbocycles. The van der Waals surface area contributed by atoms with Crippen LogP contribution in [0.3, 0.4) is 0 Å². The maximum atomic E-state index is 5.62. The summed E-state index contributed by atoms with van der Waals surface area (Å²) < 4.78 is 5.62. The van der Waals surface area contributed by atoms with Gasteiger partial charge in [0.1, 0.15) is 6.61 Å². The van der Waals surface area contributed by atoms with Crippen molar-refractivity contribution < 1.29 is 4.74 Å². The molecule has 1 atom stereocenters. The summed E-state index contributed by atoms with van der Waals surface area (Å²) in [5, 5.41) is 0. The first-order valence-electron chi connectivity index (χ1n) is 6.40. The molecule has 1 rings (SSSR count). The van der Waals surface area contributed by atoms with Crippen LogP contribution in [-0.2, 0) is 4.74 Å². The summed E-state index contributed by atoms with van der Waals surface area (Å²) in [4.78, 5) is 4.47. The molecule has 15 heavy (non-hydrogen) atoms. The van der Waals surface area contributed by atoms with Crippen molar-refractivity contribution >= 4 is 5.90 Å². The SMILES string of the molecule is CCCCCCC(C)(CC)C1=NCCO1. The molecule has 0 saturated heterocycles. The van der Waals surface area contributed by atoms with Gasteiger partial charge in [0, 0.05) is 5.41 Å². The fourth-order valence-corrected chi connectivity index (χ4v) is 2.08. The Balaban J connectivity index is 2.38. The first-order chi connectivity index (χ1) is 7.23. The van der Waals surface area contributed by atoms with E-state index in [1.165, 1.54) is 32.1 Å². The van der Waals surface area contributed by atoms with E-state index < -0.39 is 0 Å². The van der Waals surface area contributed by atoms with Crippen LogP contribution in [0.25, 0.3) is 0 Å². The van der Waals surface area contributed by atoms with Crippen molar-refractivity contribution in [3.8, 4) is 0 Å². The van der Waals surface area contributed by atoms with Gasteiger partial charge in [-0.25, -0.2) is 0 Å². The normalized spacial score (nSPS) is 19.5. The second-order valence-electron chi connectivity index (χ2n) is 4.76. The van der Waals surface area contributed by atoms with Crippen molar-refractivity contribution in [2.45, 2.75) is 59.3 Å². The van der Waals surface area contributed by atoms with Gasteiger partial charge in [-0.05, 0) is 12.8 Å². The molecule has 88 valence electrons. The lowest BCUT2D eigenvalue weighted by Crippen LogP contribution is -2.27. The van der Waals surface area contributed by atoms with Crippen molar-refractivity contribution in [3.05, 3.63) is 0 Å². The monoisotopic (exact) mass is 211 g/mol. The summed E-state index contributed by atoms with van der Waals surface area (Å²) in [6, 6.07) is 0. The first-order valence-corrected chi connectivity index (χ1v) is 6.40. The van der Waals surface area contributed by atoms with E-state index in [4.69, 9.17) is 4.74 Å². The highest BCUT2D eigenvalue weighted by Crippen LogP contribution is 2.32. The predicted molar refractivity (Wildman–Crippen MR) is 65.4 cm³/mol. The average molecular weight is 211 g/mol. The van der Waals surface area contributed by atoms with E-state index >= 15 is 0 Å². The van der Waals surface area contributed by atoms with Gasteiger partial charge in [0.05, 0.1) is 6.54 Å². The molecule has 0 bridgehead atoms. The molecule has 0 amide bonds. The number of unbranched alkanes of at least 4 members (excludes halogenated alkanes) is 3. The lowest BCUT2D eigenvalue weighted by atomic mass is 9.81. The Morgan fingerprint density at radius 2 is 2.07 bits per heavy atom. The molecule has 0 spiro atoms. The number of rotatable bonds is 7. The van der Waals surface area contributed by atoms with Gasteiger partial charge in [-0.1, -0.05) is 46.5 Å². The standard InChI is InChI=1S/C13H25NO/c1-4-6-7-8-9-13(3,5-2)12-14-10-11-15-12/h4-11H2,1-3H3. The van der Waals surface area contributed by atoms with Crippen molar-refractivity contribution in [3.63, 3.8) is 0 Å². The highest BCUT2D eigenvalue weighted by molar-refractivity contribution is 5.83. The van der Waals surface area contributed by atoms with Gasteiger partial charge < -0.3 is 4.74 Å². The lowest BCUT2D eigenvalue weighted by molar-refractivity contribution is 0.264. The van der Waals surface area contributed by atoms with Gasteiger partial charge in [-0.15, -0.1) is 0 Å². The molecule has 1 unspecified atom stereocenters. The van der Waals surface area contributed by atoms with E-state index in [9.17, 15) is 0 Å². The molecule has 0 aromatic rings. The van der Waals surface area contributed by atoms with Crippen LogP contribution in [0.1, 0.15) is 59.3 Å². The summed E-state index contributed by atoms with van der Waals surface area (Å²) in [7, 11) is 0. The van der Waals surface area contributed by atoms with Crippen molar-refractivity contribution in [1.82, 2.24) is 0 Å². The first kappa shape index (κ1) is 12.5. The van der Waals surface area contributed by atoms with Crippen LogP contribution >= 0.6 is 0 Å². The number of ether oxygens (including phenoxy) is 1. The molecule has 0 aromatic heterocycles. The van der Waals surface area contributed by atoms with Crippen molar-refractivity contribution in [2.24, 2.45) is 10.4 Å². The third-order valence-corrected chi connectivity index (χ3v) is 3.46. The maximum Gasteiger partial charge on any atom is 0.189 e. The van der Waals surface area contributed by atoms with Crippen LogP contribution in [0.4, 0.5) is 0 Å². The second-order valence-corrected chi connectivity index (χ2v) is 4.76. The van der Waals surface area contributed by atoms with Crippen LogP contribution in [0.2, 0.25) is 0 Å². The molecule has 2 nitrogen and oxygen atoms in total. The Bertz CT molecular complexity index is 213. The fourth-order valence-electron chi connectivity index (χ4n) is 2.08. The van der Waals surface area contributed by atoms with Gasteiger partial charge in [0.2, 0.25) is 0 Å². The molecular weight excluding hydrogens is 186 g/mol. The van der Waals surface area contributed by atoms with E-state index in [0.717, 1.165) is 25.5 Å². The second kappa shape index (κ2) is 6.14. The zero-order valence-corrected chi connectivity index (χ0v) is 10.5. The fraction of sp³-hybridized carbons (Fsp3) is 0.923. The van der Waals surface area contributed by atoms with E-state index in [2.05, 4.69) is 25.8 Å². The highest BCUT2D eigenvalue weighted by Gasteiger charge is 2.31. The van der Waals surface area contributed by atoms with Crippen LogP contribution in [-0.4, -0.2) is 19.0 Å². The Kier molecular flexibility index (Phi) is 5.13. The van der Waals surface area contributed by atoms with Crippen LogP contribution in [0.15, 0.2) is 4.99 Å². The minimum absolute atomic E-state index is 0.199. The minimum atomic E-state index is 0.199. The van der Waals surface area contributed by atoms with E-state index in [1.807, 2.05) is 0 Å². The summed E-state index contributed by atoms with van der Waals surface area (Å²) in [5.74, 6) is 1.02. The van der Waals surface area contributed by atoms with Gasteiger partial charge in [0.15, 0.2) is 5.90 Å². The molecule has 0 radical (unpaired) electrons. The smallest absolute Gasteiger partial charge is 0.189 e. The van der Waals surface area contributed by atoms with Crippen LogP contribution in [0, 0.1) is 5.41 Å². The highest BCUT2D eigenvalue weighted by atomic mass is 16.5. The van der Waals surface area contributed by atoms with Crippen molar-refractivity contribution in [2.75, 3.05) is 13.2 Å². The van der Waals surface area contributed by atoms with Gasteiger partial charge >= 0.3 is 0 Å².